The zero-order chi connectivity index (χ0) is 18.5. The van der Waals surface area contributed by atoms with Gasteiger partial charge in [-0.25, -0.2) is 0 Å². The summed E-state index contributed by atoms with van der Waals surface area (Å²) in [5, 5.41) is 12.5. The Balaban J connectivity index is 1.77. The van der Waals surface area contributed by atoms with Gasteiger partial charge in [0, 0.05) is 43.9 Å². The molecule has 0 spiro atoms. The Morgan fingerprint density at radius 2 is 1.92 bits per heavy atom. The summed E-state index contributed by atoms with van der Waals surface area (Å²) < 4.78 is 0. The van der Waals surface area contributed by atoms with Crippen LogP contribution in [0, 0.1) is 11.3 Å². The minimum atomic E-state index is -0.267. The molecule has 0 radical (unpaired) electrons. The van der Waals surface area contributed by atoms with E-state index in [0.717, 1.165) is 35.5 Å². The number of benzene rings is 2. The van der Waals surface area contributed by atoms with Gasteiger partial charge in [-0.15, -0.1) is 0 Å². The molecular formula is C21H22N4O. The predicted octanol–water partition coefficient (Wildman–Crippen LogP) is 3.55. The fourth-order valence-electron chi connectivity index (χ4n) is 3.04. The van der Waals surface area contributed by atoms with Crippen LogP contribution in [0.15, 0.2) is 60.3 Å². The molecule has 0 unspecified atom stereocenters. The van der Waals surface area contributed by atoms with E-state index in [1.807, 2.05) is 73.6 Å². The number of amides is 1. The Bertz CT molecular complexity index is 862. The largest absolute Gasteiger partial charge is 0.378 e. The lowest BCUT2D eigenvalue weighted by atomic mass is 10.0. The molecule has 2 aromatic rings. The number of nitrogens with zero attached hydrogens (tertiary/aromatic N) is 3. The van der Waals surface area contributed by atoms with Gasteiger partial charge < -0.3 is 15.1 Å². The minimum absolute atomic E-state index is 0.0957. The van der Waals surface area contributed by atoms with Crippen molar-refractivity contribution in [3.8, 4) is 6.07 Å². The maximum Gasteiger partial charge on any atom is 0.270 e. The number of rotatable bonds is 4. The number of hydrogen-bond acceptors (Lipinski definition) is 4. The third-order valence-electron chi connectivity index (χ3n) is 4.47. The molecule has 1 N–H and O–H groups in total. The van der Waals surface area contributed by atoms with Crippen molar-refractivity contribution >= 4 is 23.0 Å². The Morgan fingerprint density at radius 1 is 1.19 bits per heavy atom. The summed E-state index contributed by atoms with van der Waals surface area (Å²) in [4.78, 5) is 16.6. The number of hydrogen-bond donors (Lipinski definition) is 1. The first-order valence-electron chi connectivity index (χ1n) is 8.64. The van der Waals surface area contributed by atoms with Crippen LogP contribution in [-0.4, -0.2) is 26.5 Å². The van der Waals surface area contributed by atoms with Gasteiger partial charge in [0.2, 0.25) is 0 Å². The number of anilines is 3. The quantitative estimate of drug-likeness (QED) is 0.679. The number of para-hydroxylation sites is 1. The van der Waals surface area contributed by atoms with E-state index in [-0.39, 0.29) is 11.5 Å². The Labute approximate surface area is 154 Å². The minimum Gasteiger partial charge on any atom is -0.378 e. The maximum atomic E-state index is 12.8. The Morgan fingerprint density at radius 3 is 2.62 bits per heavy atom. The lowest BCUT2D eigenvalue weighted by molar-refractivity contribution is -0.114. The number of nitrogens with one attached hydrogen (secondary N) is 1. The number of fused-ring (bicyclic) bond motifs is 1. The lowest BCUT2D eigenvalue weighted by Gasteiger charge is -2.29. The molecule has 0 aromatic heterocycles. The molecule has 0 atom stereocenters. The van der Waals surface area contributed by atoms with Crippen LogP contribution in [0.5, 0.6) is 0 Å². The van der Waals surface area contributed by atoms with E-state index in [1.54, 1.807) is 4.90 Å². The number of aryl methyl sites for hydroxylation is 1. The van der Waals surface area contributed by atoms with E-state index in [0.29, 0.717) is 6.54 Å². The molecule has 1 aliphatic heterocycles. The molecule has 0 saturated carbocycles. The van der Waals surface area contributed by atoms with Crippen LogP contribution < -0.4 is 15.1 Å². The molecule has 0 bridgehead atoms. The van der Waals surface area contributed by atoms with Gasteiger partial charge in [0.15, 0.2) is 0 Å². The van der Waals surface area contributed by atoms with Gasteiger partial charge in [0.1, 0.15) is 11.6 Å². The summed E-state index contributed by atoms with van der Waals surface area (Å²) in [5.74, 6) is -0.267. The van der Waals surface area contributed by atoms with Crippen molar-refractivity contribution in [2.45, 2.75) is 12.8 Å². The molecule has 1 amide bonds. The van der Waals surface area contributed by atoms with E-state index < -0.39 is 0 Å². The van der Waals surface area contributed by atoms with Crippen molar-refractivity contribution < 1.29 is 4.79 Å². The average molecular weight is 346 g/mol. The molecule has 132 valence electrons. The van der Waals surface area contributed by atoms with E-state index in [9.17, 15) is 10.1 Å². The predicted molar refractivity (Wildman–Crippen MR) is 105 cm³/mol. The van der Waals surface area contributed by atoms with Crippen molar-refractivity contribution in [2.75, 3.05) is 35.8 Å². The van der Waals surface area contributed by atoms with Crippen LogP contribution in [0.25, 0.3) is 0 Å². The molecule has 0 saturated heterocycles. The first kappa shape index (κ1) is 17.6. The topological polar surface area (TPSA) is 59.4 Å². The van der Waals surface area contributed by atoms with Crippen molar-refractivity contribution in [1.82, 2.24) is 0 Å². The molecular weight excluding hydrogens is 324 g/mol. The van der Waals surface area contributed by atoms with Crippen LogP contribution in [0.4, 0.5) is 17.1 Å². The monoisotopic (exact) mass is 346 g/mol. The van der Waals surface area contributed by atoms with Crippen LogP contribution in [0.2, 0.25) is 0 Å². The molecule has 5 nitrogen and oxygen atoms in total. The third kappa shape index (κ3) is 3.70. The molecule has 0 fully saturated rings. The first-order valence-corrected chi connectivity index (χ1v) is 8.64. The summed E-state index contributed by atoms with van der Waals surface area (Å²) in [5.41, 5.74) is 4.06. The van der Waals surface area contributed by atoms with Crippen LogP contribution >= 0.6 is 0 Å². The average Bonchev–Trinajstić information content (AvgIpc) is 2.68. The highest BCUT2D eigenvalue weighted by atomic mass is 16.2. The summed E-state index contributed by atoms with van der Waals surface area (Å²) in [6.45, 7) is 0.631. The zero-order valence-corrected chi connectivity index (χ0v) is 15.1. The molecule has 0 aliphatic carbocycles. The third-order valence-corrected chi connectivity index (χ3v) is 4.47. The maximum absolute atomic E-state index is 12.8. The van der Waals surface area contributed by atoms with Crippen molar-refractivity contribution in [3.63, 3.8) is 0 Å². The number of nitriles is 1. The van der Waals surface area contributed by atoms with Gasteiger partial charge in [-0.05, 0) is 48.7 Å². The van der Waals surface area contributed by atoms with E-state index in [2.05, 4.69) is 5.32 Å². The number of carbonyl (C=O) groups is 1. The highest BCUT2D eigenvalue weighted by Crippen LogP contribution is 2.27. The molecule has 3 rings (SSSR count). The fraction of sp³-hybridized carbons (Fsp3) is 0.238. The molecule has 1 aliphatic rings. The molecule has 2 aromatic carbocycles. The highest BCUT2D eigenvalue weighted by molar-refractivity contribution is 6.09. The van der Waals surface area contributed by atoms with Crippen molar-refractivity contribution in [3.05, 3.63) is 65.9 Å². The van der Waals surface area contributed by atoms with Crippen LogP contribution in [-0.2, 0) is 11.2 Å². The standard InChI is InChI=1S/C21H22N4O/c1-24(2)19-11-9-18(10-12-19)23-15-17(14-22)21(26)25-13-5-7-16-6-3-4-8-20(16)25/h3-4,6,8-12,15,23H,5,7,13H2,1-2H3/b17-15-. The normalized spacial score (nSPS) is 13.6. The zero-order valence-electron chi connectivity index (χ0n) is 15.1. The second-order valence-corrected chi connectivity index (χ2v) is 6.44. The lowest BCUT2D eigenvalue weighted by Crippen LogP contribution is -2.36. The van der Waals surface area contributed by atoms with Gasteiger partial charge in [0.05, 0.1) is 0 Å². The van der Waals surface area contributed by atoms with Gasteiger partial charge in [-0.2, -0.15) is 5.26 Å². The highest BCUT2D eigenvalue weighted by Gasteiger charge is 2.24. The second kappa shape index (κ2) is 7.75. The van der Waals surface area contributed by atoms with Gasteiger partial charge in [-0.3, -0.25) is 4.79 Å². The number of carbonyl (C=O) groups excluding carboxylic acids is 1. The van der Waals surface area contributed by atoms with E-state index in [4.69, 9.17) is 0 Å². The molecule has 5 heteroatoms. The van der Waals surface area contributed by atoms with E-state index >= 15 is 0 Å². The summed E-state index contributed by atoms with van der Waals surface area (Å²) in [6, 6.07) is 17.7. The summed E-state index contributed by atoms with van der Waals surface area (Å²) >= 11 is 0. The Kier molecular flexibility index (Phi) is 5.23. The van der Waals surface area contributed by atoms with Gasteiger partial charge in [-0.1, -0.05) is 18.2 Å². The smallest absolute Gasteiger partial charge is 0.270 e. The van der Waals surface area contributed by atoms with Crippen LogP contribution in [0.3, 0.4) is 0 Å². The Hall–Kier alpha value is -3.26. The van der Waals surface area contributed by atoms with Crippen molar-refractivity contribution in [2.24, 2.45) is 0 Å². The second-order valence-electron chi connectivity index (χ2n) is 6.44. The van der Waals surface area contributed by atoms with E-state index in [1.165, 1.54) is 6.20 Å². The summed E-state index contributed by atoms with van der Waals surface area (Å²) in [7, 11) is 3.95. The SMILES string of the molecule is CN(C)c1ccc(N/C=C(/C#N)C(=O)N2CCCc3ccccc32)cc1. The first-order chi connectivity index (χ1) is 12.6. The molecule has 26 heavy (non-hydrogen) atoms. The van der Waals surface area contributed by atoms with Crippen LogP contribution in [0.1, 0.15) is 12.0 Å². The fourth-order valence-corrected chi connectivity index (χ4v) is 3.04. The van der Waals surface area contributed by atoms with Gasteiger partial charge >= 0.3 is 0 Å². The van der Waals surface area contributed by atoms with Crippen molar-refractivity contribution in [1.29, 1.82) is 5.26 Å². The molecule has 1 heterocycles. The summed E-state index contributed by atoms with van der Waals surface area (Å²) in [6.07, 6.45) is 3.35. The van der Waals surface area contributed by atoms with Gasteiger partial charge in [0.25, 0.3) is 5.91 Å².